The van der Waals surface area contributed by atoms with Gasteiger partial charge >= 0.3 is 6.03 Å². The van der Waals surface area contributed by atoms with Crippen LogP contribution in [0, 0.1) is 23.7 Å². The maximum absolute atomic E-state index is 13.1. The number of nitrogens with one attached hydrogen (secondary N) is 2. The second-order valence-electron chi connectivity index (χ2n) is 15.6. The lowest BCUT2D eigenvalue weighted by Crippen LogP contribution is -2.61. The zero-order valence-electron chi connectivity index (χ0n) is 28.7. The Bertz CT molecular complexity index is 1570. The molecule has 2 amide bonds. The first kappa shape index (κ1) is 32.9. The largest absolute Gasteiger partial charge is 0.392 e. The molecule has 0 unspecified atom stereocenters. The zero-order valence-corrected chi connectivity index (χ0v) is 28.7. The first-order valence-electron chi connectivity index (χ1n) is 18.5. The van der Waals surface area contributed by atoms with Gasteiger partial charge in [0.05, 0.1) is 32.0 Å². The molecule has 0 aromatic heterocycles. The van der Waals surface area contributed by atoms with Crippen molar-refractivity contribution in [3.63, 3.8) is 0 Å². The van der Waals surface area contributed by atoms with Crippen molar-refractivity contribution in [1.82, 2.24) is 15.5 Å². The number of nitrogens with zero attached hydrogens (tertiary/aromatic N) is 1. The van der Waals surface area contributed by atoms with E-state index in [2.05, 4.69) is 83.1 Å². The van der Waals surface area contributed by atoms with Crippen LogP contribution < -0.4 is 10.6 Å². The molecule has 8 heteroatoms. The molecular formula is C41H51N3O5. The second-order valence-corrected chi connectivity index (χ2v) is 15.6. The van der Waals surface area contributed by atoms with Crippen LogP contribution in [0.25, 0.3) is 11.1 Å². The van der Waals surface area contributed by atoms with Gasteiger partial charge in [0.25, 0.3) is 0 Å². The molecule has 4 aliphatic carbocycles. The summed E-state index contributed by atoms with van der Waals surface area (Å²) in [6.07, 6.45) is 6.84. The number of ether oxygens (including phenoxy) is 3. The van der Waals surface area contributed by atoms with Gasteiger partial charge in [-0.2, -0.15) is 0 Å². The van der Waals surface area contributed by atoms with Gasteiger partial charge in [-0.05, 0) is 96.2 Å². The Labute approximate surface area is 290 Å². The molecule has 0 radical (unpaired) electrons. The summed E-state index contributed by atoms with van der Waals surface area (Å²) in [7, 11) is 0. The van der Waals surface area contributed by atoms with Crippen LogP contribution in [0.4, 0.5) is 4.79 Å². The number of hydrogen-bond acceptors (Lipinski definition) is 6. The fourth-order valence-electron chi connectivity index (χ4n) is 9.82. The number of aliphatic hydroxyl groups excluding tert-OH is 1. The number of hydrogen-bond donors (Lipinski definition) is 3. The zero-order chi connectivity index (χ0) is 33.4. The summed E-state index contributed by atoms with van der Waals surface area (Å²) in [5, 5.41) is 16.2. The van der Waals surface area contributed by atoms with Crippen molar-refractivity contribution in [2.75, 3.05) is 32.8 Å². The van der Waals surface area contributed by atoms with Gasteiger partial charge in [-0.1, -0.05) is 67.6 Å². The van der Waals surface area contributed by atoms with E-state index < -0.39 is 6.29 Å². The Morgan fingerprint density at radius 2 is 1.51 bits per heavy atom. The third kappa shape index (κ3) is 7.31. The van der Waals surface area contributed by atoms with Crippen LogP contribution >= 0.6 is 0 Å². The fourth-order valence-corrected chi connectivity index (χ4v) is 9.82. The first-order valence-corrected chi connectivity index (χ1v) is 18.5. The number of benzene rings is 3. The third-order valence-corrected chi connectivity index (χ3v) is 12.0. The highest BCUT2D eigenvalue weighted by Gasteiger charge is 2.51. The van der Waals surface area contributed by atoms with Crippen LogP contribution in [0.2, 0.25) is 0 Å². The normalized spacial score (nSPS) is 32.6. The van der Waals surface area contributed by atoms with Crippen LogP contribution in [-0.2, 0) is 27.4 Å². The maximum Gasteiger partial charge on any atom is 0.315 e. The number of carbonyl (C=O) groups is 1. The number of amides is 2. The Morgan fingerprint density at radius 3 is 2.20 bits per heavy atom. The van der Waals surface area contributed by atoms with Crippen molar-refractivity contribution >= 4 is 6.03 Å². The van der Waals surface area contributed by atoms with Gasteiger partial charge in [-0.15, -0.1) is 0 Å². The van der Waals surface area contributed by atoms with Crippen molar-refractivity contribution in [2.24, 2.45) is 23.7 Å². The van der Waals surface area contributed by atoms with Crippen LogP contribution in [0.15, 0.2) is 72.8 Å². The molecule has 2 saturated heterocycles. The Kier molecular flexibility index (Phi) is 9.51. The molecule has 3 aromatic rings. The third-order valence-electron chi connectivity index (χ3n) is 12.0. The minimum absolute atomic E-state index is 0.00522. The Hall–Kier alpha value is -3.27. The lowest BCUT2D eigenvalue weighted by Gasteiger charge is -2.56. The molecule has 260 valence electrons. The van der Waals surface area contributed by atoms with E-state index in [1.165, 1.54) is 19.3 Å². The summed E-state index contributed by atoms with van der Waals surface area (Å²) in [6.45, 7) is 6.83. The van der Waals surface area contributed by atoms with Gasteiger partial charge in [0, 0.05) is 43.2 Å². The molecule has 0 spiro atoms. The molecule has 4 saturated carbocycles. The lowest BCUT2D eigenvalue weighted by molar-refractivity contribution is -0.277. The van der Waals surface area contributed by atoms with Crippen LogP contribution in [-0.4, -0.2) is 60.5 Å². The fraction of sp³-hybridized carbons (Fsp3) is 0.537. The first-order chi connectivity index (χ1) is 23.9. The van der Waals surface area contributed by atoms with Crippen molar-refractivity contribution in [2.45, 2.75) is 82.6 Å². The molecule has 4 atom stereocenters. The molecule has 2 aliphatic heterocycles. The molecule has 2 heterocycles. The number of morpholine rings is 1. The summed E-state index contributed by atoms with van der Waals surface area (Å²) >= 11 is 0. The van der Waals surface area contributed by atoms with Crippen molar-refractivity contribution in [3.05, 3.63) is 95.1 Å². The summed E-state index contributed by atoms with van der Waals surface area (Å²) in [5.41, 5.74) is 6.20. The average molecular weight is 666 g/mol. The second kappa shape index (κ2) is 14.2. The van der Waals surface area contributed by atoms with E-state index in [-0.39, 0.29) is 36.3 Å². The molecular weight excluding hydrogens is 614 g/mol. The van der Waals surface area contributed by atoms with Crippen LogP contribution in [0.3, 0.4) is 0 Å². The lowest BCUT2D eigenvalue weighted by atomic mass is 9.53. The minimum atomic E-state index is -0.525. The van der Waals surface area contributed by atoms with Gasteiger partial charge in [0.1, 0.15) is 0 Å². The quantitative estimate of drug-likeness (QED) is 0.235. The van der Waals surface area contributed by atoms with E-state index in [1.54, 1.807) is 0 Å². The summed E-state index contributed by atoms with van der Waals surface area (Å²) in [6, 6.07) is 24.9. The van der Waals surface area contributed by atoms with Gasteiger partial charge in [-0.25, -0.2) is 4.79 Å². The molecule has 6 fully saturated rings. The summed E-state index contributed by atoms with van der Waals surface area (Å²) in [5.74, 6) is 2.52. The summed E-state index contributed by atoms with van der Waals surface area (Å²) < 4.78 is 19.1. The van der Waals surface area contributed by atoms with E-state index in [4.69, 9.17) is 14.2 Å². The highest BCUT2D eigenvalue weighted by atomic mass is 16.7. The van der Waals surface area contributed by atoms with E-state index in [0.717, 1.165) is 103 Å². The molecule has 6 aliphatic rings. The predicted octanol–water partition coefficient (Wildman–Crippen LogP) is 6.74. The van der Waals surface area contributed by atoms with Crippen LogP contribution in [0.5, 0.6) is 0 Å². The van der Waals surface area contributed by atoms with Gasteiger partial charge in [0.2, 0.25) is 0 Å². The number of carbonyl (C=O) groups excluding carboxylic acids is 1. The average Bonchev–Trinajstić information content (AvgIpc) is 3.11. The smallest absolute Gasteiger partial charge is 0.315 e. The van der Waals surface area contributed by atoms with E-state index >= 15 is 0 Å². The van der Waals surface area contributed by atoms with Gasteiger partial charge < -0.3 is 30.0 Å². The standard InChI is InChI=1S/C41H51N3O5/c1-27-37(25-44-12-14-47-15-13-44)48-39(49-38(27)33-10-8-28(26-45)9-11-33)36-7-3-6-35(20-36)34-5-2-4-29(19-34)24-42-40(46)43-41-21-30-16-31(22-41)18-32(17-30)23-41/h2-11,19-20,27,30-32,37-39,45H,12-18,21-26H2,1H3,(H2,42,43,46)/t27-,30?,31?,32?,37+,38+,39+,41?/m1/s1. The molecule has 3 N–H and O–H groups in total. The van der Waals surface area contributed by atoms with Gasteiger partial charge in [-0.3, -0.25) is 4.90 Å². The molecule has 4 bridgehead atoms. The molecule has 49 heavy (non-hydrogen) atoms. The SMILES string of the molecule is C[C@@H]1[C@H](CN2CCOCC2)O[C@H](c2cccc(-c3cccc(CNC(=O)NC45CC6CC(CC(C6)C4)C5)c3)c2)O[C@@H]1c1ccc(CO)cc1. The van der Waals surface area contributed by atoms with Crippen molar-refractivity contribution < 1.29 is 24.1 Å². The number of urea groups is 1. The van der Waals surface area contributed by atoms with E-state index in [0.29, 0.717) is 6.54 Å². The van der Waals surface area contributed by atoms with E-state index in [1.807, 2.05) is 12.1 Å². The van der Waals surface area contributed by atoms with Crippen molar-refractivity contribution in [3.8, 4) is 11.1 Å². The monoisotopic (exact) mass is 665 g/mol. The number of rotatable bonds is 9. The van der Waals surface area contributed by atoms with E-state index in [9.17, 15) is 9.90 Å². The Morgan fingerprint density at radius 1 is 0.837 bits per heavy atom. The summed E-state index contributed by atoms with van der Waals surface area (Å²) in [4.78, 5) is 15.6. The predicted molar refractivity (Wildman–Crippen MR) is 188 cm³/mol. The maximum atomic E-state index is 13.1. The highest BCUT2D eigenvalue weighted by Crippen LogP contribution is 2.55. The molecule has 9 rings (SSSR count). The molecule has 8 nitrogen and oxygen atoms in total. The highest BCUT2D eigenvalue weighted by molar-refractivity contribution is 5.75. The topological polar surface area (TPSA) is 92.3 Å². The Balaban J connectivity index is 0.964. The van der Waals surface area contributed by atoms with Crippen LogP contribution in [0.1, 0.15) is 80.1 Å². The minimum Gasteiger partial charge on any atom is -0.392 e. The molecule has 3 aromatic carbocycles. The van der Waals surface area contributed by atoms with Gasteiger partial charge in [0.15, 0.2) is 6.29 Å². The number of aliphatic hydroxyl groups is 1. The van der Waals surface area contributed by atoms with Crippen molar-refractivity contribution in [1.29, 1.82) is 0 Å².